The van der Waals surface area contributed by atoms with Gasteiger partial charge >= 0.3 is 0 Å². The Labute approximate surface area is 150 Å². The van der Waals surface area contributed by atoms with E-state index >= 15 is 0 Å². The molecule has 134 valence electrons. The van der Waals surface area contributed by atoms with Crippen LogP contribution in [0.1, 0.15) is 32.0 Å². The molecule has 1 aromatic carbocycles. The van der Waals surface area contributed by atoms with Crippen molar-refractivity contribution in [3.05, 3.63) is 47.4 Å². The summed E-state index contributed by atoms with van der Waals surface area (Å²) >= 11 is 0. The van der Waals surface area contributed by atoms with Gasteiger partial charge in [0.1, 0.15) is 5.82 Å². The molecule has 1 aliphatic rings. The van der Waals surface area contributed by atoms with Crippen LogP contribution in [0.5, 0.6) is 0 Å². The van der Waals surface area contributed by atoms with Crippen molar-refractivity contribution < 1.29 is 4.39 Å². The van der Waals surface area contributed by atoms with Crippen molar-refractivity contribution in [2.75, 3.05) is 20.6 Å². The summed E-state index contributed by atoms with van der Waals surface area (Å²) in [5.41, 5.74) is 3.44. The minimum atomic E-state index is -0.188. The fourth-order valence-corrected chi connectivity index (χ4v) is 2.78. The molecule has 4 heteroatoms. The van der Waals surface area contributed by atoms with Crippen LogP contribution in [-0.2, 0) is 13.0 Å². The first-order valence-electron chi connectivity index (χ1n) is 8.60. The van der Waals surface area contributed by atoms with Gasteiger partial charge in [-0.05, 0) is 50.5 Å². The molecule has 3 nitrogen and oxygen atoms in total. The number of rotatable bonds is 0. The third-order valence-electron chi connectivity index (χ3n) is 3.73. The number of fused-ring (bicyclic) bond motifs is 3. The number of likely N-dealkylation sites (N-methyl/N-ethyl adjacent to an activating group) is 1. The Balaban J connectivity index is 0.000000567. The third kappa shape index (κ3) is 5.04. The fraction of sp³-hybridized carbons (Fsp3) is 0.381. The molecule has 0 radical (unpaired) electrons. The molecular weight excluding hydrogens is 313 g/mol. The predicted molar refractivity (Wildman–Crippen MR) is 107 cm³/mol. The van der Waals surface area contributed by atoms with Gasteiger partial charge in [-0.3, -0.25) is 4.57 Å². The SMILES string of the molecule is C/C=C/C#Cn1c2c(c3cc(F)ccc31)CN(C)CC2.C=NC.CC. The zero-order chi connectivity index (χ0) is 18.8. The zero-order valence-electron chi connectivity index (χ0n) is 15.9. The minimum Gasteiger partial charge on any atom is -0.304 e. The number of hydrogen-bond donors (Lipinski definition) is 0. The molecule has 3 rings (SSSR count). The Hall–Kier alpha value is -2.38. The van der Waals surface area contributed by atoms with Crippen LogP contribution in [0.25, 0.3) is 10.9 Å². The van der Waals surface area contributed by atoms with E-state index in [-0.39, 0.29) is 5.82 Å². The van der Waals surface area contributed by atoms with E-state index in [9.17, 15) is 4.39 Å². The highest BCUT2D eigenvalue weighted by molar-refractivity contribution is 5.87. The molecule has 2 aromatic rings. The van der Waals surface area contributed by atoms with Crippen molar-refractivity contribution in [3.63, 3.8) is 0 Å². The summed E-state index contributed by atoms with van der Waals surface area (Å²) in [7, 11) is 3.73. The Kier molecular flexibility index (Phi) is 8.66. The number of nitrogens with zero attached hydrogens (tertiary/aromatic N) is 3. The van der Waals surface area contributed by atoms with E-state index < -0.39 is 0 Å². The Morgan fingerprint density at radius 2 is 2.00 bits per heavy atom. The second kappa shape index (κ2) is 10.5. The smallest absolute Gasteiger partial charge is 0.123 e. The van der Waals surface area contributed by atoms with Gasteiger partial charge in [0.05, 0.1) is 5.52 Å². The maximum atomic E-state index is 13.5. The van der Waals surface area contributed by atoms with Crippen LogP contribution in [-0.4, -0.2) is 36.8 Å². The van der Waals surface area contributed by atoms with E-state index in [4.69, 9.17) is 0 Å². The van der Waals surface area contributed by atoms with Crippen LogP contribution in [0, 0.1) is 17.8 Å². The molecule has 0 bridgehead atoms. The number of aromatic nitrogens is 1. The first kappa shape index (κ1) is 20.7. The van der Waals surface area contributed by atoms with E-state index in [1.165, 1.54) is 17.3 Å². The van der Waals surface area contributed by atoms with E-state index in [1.54, 1.807) is 13.1 Å². The van der Waals surface area contributed by atoms with Crippen LogP contribution in [0.4, 0.5) is 4.39 Å². The molecule has 0 spiro atoms. The van der Waals surface area contributed by atoms with Gasteiger partial charge in [0.15, 0.2) is 0 Å². The molecule has 0 aliphatic carbocycles. The molecule has 0 fully saturated rings. The molecule has 0 amide bonds. The van der Waals surface area contributed by atoms with Gasteiger partial charge in [0.2, 0.25) is 0 Å². The van der Waals surface area contributed by atoms with Crippen molar-refractivity contribution in [2.45, 2.75) is 33.7 Å². The number of aliphatic imine (C=N–C) groups is 1. The Morgan fingerprint density at radius 1 is 1.32 bits per heavy atom. The van der Waals surface area contributed by atoms with Crippen LogP contribution >= 0.6 is 0 Å². The topological polar surface area (TPSA) is 20.5 Å². The summed E-state index contributed by atoms with van der Waals surface area (Å²) in [6.45, 7) is 10.9. The lowest BCUT2D eigenvalue weighted by Gasteiger charge is -2.23. The average Bonchev–Trinajstić information content (AvgIpc) is 2.90. The van der Waals surface area contributed by atoms with E-state index in [0.29, 0.717) is 0 Å². The van der Waals surface area contributed by atoms with E-state index in [2.05, 4.69) is 35.6 Å². The lowest BCUT2D eigenvalue weighted by atomic mass is 10.1. The number of allylic oxidation sites excluding steroid dienone is 2. The molecule has 0 saturated carbocycles. The molecule has 0 saturated heterocycles. The summed E-state index contributed by atoms with van der Waals surface area (Å²) in [6, 6.07) is 8.13. The van der Waals surface area contributed by atoms with Gasteiger partial charge in [0.25, 0.3) is 0 Å². The van der Waals surface area contributed by atoms with Crippen LogP contribution in [0.3, 0.4) is 0 Å². The largest absolute Gasteiger partial charge is 0.304 e. The third-order valence-corrected chi connectivity index (χ3v) is 3.73. The highest BCUT2D eigenvalue weighted by atomic mass is 19.1. The minimum absolute atomic E-state index is 0.188. The van der Waals surface area contributed by atoms with Crippen LogP contribution in [0.2, 0.25) is 0 Å². The molecule has 0 atom stereocenters. The Morgan fingerprint density at radius 3 is 2.64 bits per heavy atom. The first-order valence-corrected chi connectivity index (χ1v) is 8.60. The van der Waals surface area contributed by atoms with Gasteiger partial charge < -0.3 is 9.89 Å². The van der Waals surface area contributed by atoms with Gasteiger partial charge in [-0.15, -0.1) is 0 Å². The van der Waals surface area contributed by atoms with Crippen molar-refractivity contribution in [1.29, 1.82) is 0 Å². The maximum absolute atomic E-state index is 13.5. The van der Waals surface area contributed by atoms with E-state index in [0.717, 1.165) is 30.4 Å². The summed E-state index contributed by atoms with van der Waals surface area (Å²) in [5, 5.41) is 0.987. The zero-order valence-corrected chi connectivity index (χ0v) is 15.9. The summed E-state index contributed by atoms with van der Waals surface area (Å²) < 4.78 is 15.6. The van der Waals surface area contributed by atoms with E-state index in [1.807, 2.05) is 43.6 Å². The maximum Gasteiger partial charge on any atom is 0.123 e. The number of hydrogen-bond acceptors (Lipinski definition) is 2. The summed E-state index contributed by atoms with van der Waals surface area (Å²) in [5.74, 6) is 2.84. The van der Waals surface area contributed by atoms with Gasteiger partial charge in [-0.25, -0.2) is 4.39 Å². The molecule has 2 heterocycles. The lowest BCUT2D eigenvalue weighted by Crippen LogP contribution is -2.26. The number of benzene rings is 1. The second-order valence-electron chi connectivity index (χ2n) is 5.48. The molecule has 0 N–H and O–H groups in total. The van der Waals surface area contributed by atoms with Crippen molar-refractivity contribution in [1.82, 2.24) is 9.47 Å². The highest BCUT2D eigenvalue weighted by Gasteiger charge is 2.22. The summed E-state index contributed by atoms with van der Waals surface area (Å²) in [6.07, 6.45) is 4.70. The Bertz CT molecular complexity index is 791. The second-order valence-corrected chi connectivity index (χ2v) is 5.48. The normalized spacial score (nSPS) is 13.0. The standard InChI is InChI=1S/C17H17FN2.C2H5N.C2H6/c1-3-4-5-9-20-16-7-6-13(18)11-14(16)15-12-19(2)10-8-17(15)20;1-3-2;1-2/h3-4,6-7,11H,8,10,12H2,1-2H3;1H2,2H3;1-2H3/b4-3+;;. The molecule has 0 unspecified atom stereocenters. The predicted octanol–water partition coefficient (Wildman–Crippen LogP) is 4.50. The molecule has 25 heavy (non-hydrogen) atoms. The van der Waals surface area contributed by atoms with Gasteiger partial charge in [-0.2, -0.15) is 0 Å². The number of halogens is 1. The lowest BCUT2D eigenvalue weighted by molar-refractivity contribution is 0.311. The molecule has 1 aromatic heterocycles. The van der Waals surface area contributed by atoms with Gasteiger partial charge in [0, 0.05) is 43.7 Å². The molecular formula is C21H28FN3. The van der Waals surface area contributed by atoms with Crippen molar-refractivity contribution in [3.8, 4) is 12.0 Å². The quantitative estimate of drug-likeness (QED) is 0.510. The van der Waals surface area contributed by atoms with Crippen LogP contribution < -0.4 is 0 Å². The fourth-order valence-electron chi connectivity index (χ4n) is 2.78. The van der Waals surface area contributed by atoms with Crippen molar-refractivity contribution in [2.24, 2.45) is 4.99 Å². The molecule has 1 aliphatic heterocycles. The highest BCUT2D eigenvalue weighted by Crippen LogP contribution is 2.30. The van der Waals surface area contributed by atoms with Gasteiger partial charge in [-0.1, -0.05) is 25.8 Å². The monoisotopic (exact) mass is 341 g/mol. The first-order chi connectivity index (χ1) is 12.1. The van der Waals surface area contributed by atoms with Crippen LogP contribution in [0.15, 0.2) is 35.3 Å². The van der Waals surface area contributed by atoms with Crippen molar-refractivity contribution >= 4 is 17.6 Å². The average molecular weight is 341 g/mol. The summed E-state index contributed by atoms with van der Waals surface area (Å²) in [4.78, 5) is 5.51.